The van der Waals surface area contributed by atoms with E-state index in [1.165, 1.54) is 6.42 Å². The third-order valence-electron chi connectivity index (χ3n) is 3.18. The van der Waals surface area contributed by atoms with Gasteiger partial charge in [-0.15, -0.1) is 0 Å². The fourth-order valence-electron chi connectivity index (χ4n) is 2.20. The Labute approximate surface area is 102 Å². The lowest BCUT2D eigenvalue weighted by atomic mass is 10.2. The first-order valence-corrected chi connectivity index (χ1v) is 6.10. The molecule has 1 fully saturated rings. The first-order valence-electron chi connectivity index (χ1n) is 6.10. The van der Waals surface area contributed by atoms with Gasteiger partial charge in [-0.1, -0.05) is 6.92 Å². The number of nitrogens with zero attached hydrogens (tertiary/aromatic N) is 1. The Kier molecular flexibility index (Phi) is 5.37. The molecule has 0 aromatic carbocycles. The molecule has 0 saturated carbocycles. The van der Waals surface area contributed by atoms with Crippen LogP contribution in [0.1, 0.15) is 26.2 Å². The summed E-state index contributed by atoms with van der Waals surface area (Å²) in [6.45, 7) is 4.79. The molecule has 0 aromatic rings. The lowest BCUT2D eigenvalue weighted by Gasteiger charge is -2.23. The Bertz CT molecular complexity index is 283. The van der Waals surface area contributed by atoms with Crippen molar-refractivity contribution in [2.75, 3.05) is 19.6 Å². The maximum atomic E-state index is 11.6. The van der Waals surface area contributed by atoms with Gasteiger partial charge in [-0.25, -0.2) is 0 Å². The smallest absolute Gasteiger partial charge is 0.237 e. The summed E-state index contributed by atoms with van der Waals surface area (Å²) in [6, 6.07) is -0.436. The maximum Gasteiger partial charge on any atom is 0.237 e. The Morgan fingerprint density at radius 1 is 1.53 bits per heavy atom. The predicted octanol–water partition coefficient (Wildman–Crippen LogP) is -1.21. The Hall–Kier alpha value is -1.14. The van der Waals surface area contributed by atoms with Gasteiger partial charge < -0.3 is 16.8 Å². The summed E-state index contributed by atoms with van der Waals surface area (Å²) in [4.78, 5) is 24.5. The SMILES string of the molecule is CCN1CCCC1CNC(=O)C(N)CC(N)=O. The minimum Gasteiger partial charge on any atom is -0.370 e. The number of carbonyl (C=O) groups is 2. The van der Waals surface area contributed by atoms with Crippen LogP contribution in [0, 0.1) is 0 Å². The minimum absolute atomic E-state index is 0.103. The molecule has 1 aliphatic heterocycles. The summed E-state index contributed by atoms with van der Waals surface area (Å²) in [6.07, 6.45) is 2.16. The van der Waals surface area contributed by atoms with E-state index in [9.17, 15) is 9.59 Å². The van der Waals surface area contributed by atoms with Crippen molar-refractivity contribution in [2.24, 2.45) is 11.5 Å². The monoisotopic (exact) mass is 242 g/mol. The molecule has 2 atom stereocenters. The molecule has 1 rings (SSSR count). The van der Waals surface area contributed by atoms with Gasteiger partial charge in [0.05, 0.1) is 12.5 Å². The number of nitrogens with two attached hydrogens (primary N) is 2. The van der Waals surface area contributed by atoms with Crippen LogP contribution in [0.3, 0.4) is 0 Å². The third-order valence-corrected chi connectivity index (χ3v) is 3.18. The van der Waals surface area contributed by atoms with Crippen molar-refractivity contribution in [2.45, 2.75) is 38.3 Å². The molecular formula is C11H22N4O2. The molecule has 6 nitrogen and oxygen atoms in total. The third kappa shape index (κ3) is 4.32. The molecule has 0 aromatic heterocycles. The van der Waals surface area contributed by atoms with Crippen molar-refractivity contribution < 1.29 is 9.59 Å². The van der Waals surface area contributed by atoms with Crippen LogP contribution in [0.25, 0.3) is 0 Å². The number of amides is 2. The highest BCUT2D eigenvalue weighted by Crippen LogP contribution is 2.15. The van der Waals surface area contributed by atoms with E-state index in [0.29, 0.717) is 12.6 Å². The van der Waals surface area contributed by atoms with Crippen molar-refractivity contribution >= 4 is 11.8 Å². The zero-order valence-electron chi connectivity index (χ0n) is 10.3. The normalized spacial score (nSPS) is 22.4. The summed E-state index contributed by atoms with van der Waals surface area (Å²) < 4.78 is 0. The van der Waals surface area contributed by atoms with Gasteiger partial charge >= 0.3 is 0 Å². The van der Waals surface area contributed by atoms with E-state index in [-0.39, 0.29) is 12.3 Å². The van der Waals surface area contributed by atoms with Crippen LogP contribution >= 0.6 is 0 Å². The molecule has 17 heavy (non-hydrogen) atoms. The number of rotatable bonds is 6. The molecule has 1 saturated heterocycles. The van der Waals surface area contributed by atoms with Gasteiger partial charge in [0.1, 0.15) is 0 Å². The Morgan fingerprint density at radius 3 is 2.82 bits per heavy atom. The second kappa shape index (κ2) is 6.56. The fourth-order valence-corrected chi connectivity index (χ4v) is 2.20. The quantitative estimate of drug-likeness (QED) is 0.544. The number of hydrogen-bond donors (Lipinski definition) is 3. The van der Waals surface area contributed by atoms with Crippen LogP contribution in [0.5, 0.6) is 0 Å². The number of nitrogens with one attached hydrogen (secondary N) is 1. The second-order valence-corrected chi connectivity index (χ2v) is 4.45. The van der Waals surface area contributed by atoms with E-state index in [4.69, 9.17) is 11.5 Å². The summed E-state index contributed by atoms with van der Waals surface area (Å²) in [7, 11) is 0. The number of hydrogen-bond acceptors (Lipinski definition) is 4. The molecule has 98 valence electrons. The van der Waals surface area contributed by atoms with Gasteiger partial charge in [-0.3, -0.25) is 14.5 Å². The molecule has 0 aliphatic carbocycles. The van der Waals surface area contributed by atoms with E-state index in [2.05, 4.69) is 17.1 Å². The van der Waals surface area contributed by atoms with Gasteiger partial charge in [-0.2, -0.15) is 0 Å². The summed E-state index contributed by atoms with van der Waals surface area (Å²) in [5.74, 6) is -0.851. The average Bonchev–Trinajstić information content (AvgIpc) is 2.72. The van der Waals surface area contributed by atoms with Gasteiger partial charge in [-0.05, 0) is 25.9 Å². The largest absolute Gasteiger partial charge is 0.370 e. The molecule has 6 heteroatoms. The Morgan fingerprint density at radius 2 is 2.24 bits per heavy atom. The van der Waals surface area contributed by atoms with E-state index in [0.717, 1.165) is 19.5 Å². The predicted molar refractivity (Wildman–Crippen MR) is 65.1 cm³/mol. The number of carbonyl (C=O) groups excluding carboxylic acids is 2. The lowest BCUT2D eigenvalue weighted by molar-refractivity contribution is -0.126. The minimum atomic E-state index is -0.830. The zero-order chi connectivity index (χ0) is 12.8. The molecule has 1 aliphatic rings. The van der Waals surface area contributed by atoms with Crippen molar-refractivity contribution in [3.05, 3.63) is 0 Å². The van der Waals surface area contributed by atoms with Crippen LogP contribution in [0.15, 0.2) is 0 Å². The maximum absolute atomic E-state index is 11.6. The highest BCUT2D eigenvalue weighted by Gasteiger charge is 2.24. The fraction of sp³-hybridized carbons (Fsp3) is 0.818. The summed E-state index contributed by atoms with van der Waals surface area (Å²) in [5, 5.41) is 2.78. The molecule has 2 amide bonds. The van der Waals surface area contributed by atoms with Gasteiger partial charge in [0.2, 0.25) is 11.8 Å². The molecular weight excluding hydrogens is 220 g/mol. The zero-order valence-corrected chi connectivity index (χ0v) is 10.3. The Balaban J connectivity index is 2.30. The van der Waals surface area contributed by atoms with Crippen LogP contribution in [0.2, 0.25) is 0 Å². The van der Waals surface area contributed by atoms with Gasteiger partial charge in [0.15, 0.2) is 0 Å². The number of likely N-dealkylation sites (tertiary alicyclic amines) is 1. The van der Waals surface area contributed by atoms with Crippen LogP contribution < -0.4 is 16.8 Å². The van der Waals surface area contributed by atoms with Crippen molar-refractivity contribution in [1.29, 1.82) is 0 Å². The van der Waals surface area contributed by atoms with Gasteiger partial charge in [0.25, 0.3) is 0 Å². The molecule has 0 radical (unpaired) electrons. The van der Waals surface area contributed by atoms with E-state index in [1.807, 2.05) is 0 Å². The van der Waals surface area contributed by atoms with Crippen molar-refractivity contribution in [1.82, 2.24) is 10.2 Å². The molecule has 0 bridgehead atoms. The molecule has 5 N–H and O–H groups in total. The summed E-state index contributed by atoms with van der Waals surface area (Å²) >= 11 is 0. The molecule has 2 unspecified atom stereocenters. The summed E-state index contributed by atoms with van der Waals surface area (Å²) in [5.41, 5.74) is 10.5. The van der Waals surface area contributed by atoms with Gasteiger partial charge in [0, 0.05) is 12.6 Å². The topological polar surface area (TPSA) is 101 Å². The standard InChI is InChI=1S/C11H22N4O2/c1-2-15-5-3-4-8(15)7-14-11(17)9(12)6-10(13)16/h8-9H,2-7,12H2,1H3,(H2,13,16)(H,14,17). The van der Waals surface area contributed by atoms with E-state index in [1.54, 1.807) is 0 Å². The number of likely N-dealkylation sites (N-methyl/N-ethyl adjacent to an activating group) is 1. The molecule has 0 spiro atoms. The second-order valence-electron chi connectivity index (χ2n) is 4.45. The first-order chi connectivity index (χ1) is 8.04. The van der Waals surface area contributed by atoms with Crippen LogP contribution in [0.4, 0.5) is 0 Å². The van der Waals surface area contributed by atoms with E-state index < -0.39 is 11.9 Å². The first kappa shape index (κ1) is 13.9. The van der Waals surface area contributed by atoms with Crippen molar-refractivity contribution in [3.63, 3.8) is 0 Å². The van der Waals surface area contributed by atoms with Crippen LogP contribution in [-0.2, 0) is 9.59 Å². The molecule has 1 heterocycles. The highest BCUT2D eigenvalue weighted by atomic mass is 16.2. The lowest BCUT2D eigenvalue weighted by Crippen LogP contribution is -2.47. The van der Waals surface area contributed by atoms with E-state index >= 15 is 0 Å². The average molecular weight is 242 g/mol. The van der Waals surface area contributed by atoms with Crippen LogP contribution in [-0.4, -0.2) is 48.4 Å². The number of primary amides is 1. The van der Waals surface area contributed by atoms with Crippen molar-refractivity contribution in [3.8, 4) is 0 Å². The highest BCUT2D eigenvalue weighted by molar-refractivity contribution is 5.87.